The topological polar surface area (TPSA) is 63.5 Å². The van der Waals surface area contributed by atoms with Crippen LogP contribution in [0.3, 0.4) is 0 Å². The van der Waals surface area contributed by atoms with Gasteiger partial charge in [-0.15, -0.1) is 10.2 Å². The Hall–Kier alpha value is -2.84. The Morgan fingerprint density at radius 3 is 2.65 bits per heavy atom. The molecule has 7 nitrogen and oxygen atoms in total. The lowest BCUT2D eigenvalue weighted by Crippen LogP contribution is -2.38. The molecule has 1 fully saturated rings. The normalized spacial score (nSPS) is 15.5. The molecule has 1 aromatic heterocycles. The van der Waals surface area contributed by atoms with E-state index in [1.165, 1.54) is 17.3 Å². The molecule has 3 aromatic rings. The summed E-state index contributed by atoms with van der Waals surface area (Å²) >= 11 is 1.42. The van der Waals surface area contributed by atoms with Gasteiger partial charge >= 0.3 is 0 Å². The number of ether oxygens (including phenoxy) is 1. The van der Waals surface area contributed by atoms with E-state index in [1.807, 2.05) is 23.6 Å². The largest absolute Gasteiger partial charge is 0.378 e. The van der Waals surface area contributed by atoms with Crippen molar-refractivity contribution in [2.24, 2.45) is 0 Å². The predicted octanol–water partition coefficient (Wildman–Crippen LogP) is 4.25. The van der Waals surface area contributed by atoms with Crippen molar-refractivity contribution in [3.05, 3.63) is 65.5 Å². The van der Waals surface area contributed by atoms with E-state index in [0.717, 1.165) is 42.0 Å². The van der Waals surface area contributed by atoms with Crippen LogP contribution in [0.2, 0.25) is 0 Å². The molecule has 4 rings (SSSR count). The van der Waals surface area contributed by atoms with Crippen molar-refractivity contribution in [2.45, 2.75) is 44.5 Å². The third-order valence-corrected chi connectivity index (χ3v) is 7.01. The molecule has 1 aliphatic rings. The van der Waals surface area contributed by atoms with Crippen molar-refractivity contribution in [2.75, 3.05) is 37.9 Å². The minimum atomic E-state index is 0.0763. The number of carbonyl (C=O) groups is 1. The lowest BCUT2D eigenvalue weighted by atomic mass is 10.1. The summed E-state index contributed by atoms with van der Waals surface area (Å²) in [7, 11) is 4.05. The average molecular weight is 480 g/mol. The van der Waals surface area contributed by atoms with Gasteiger partial charge in [0, 0.05) is 39.5 Å². The Morgan fingerprint density at radius 2 is 1.97 bits per heavy atom. The van der Waals surface area contributed by atoms with Crippen LogP contribution in [0.15, 0.2) is 53.9 Å². The molecule has 1 saturated heterocycles. The van der Waals surface area contributed by atoms with Crippen molar-refractivity contribution in [1.82, 2.24) is 19.7 Å². The van der Waals surface area contributed by atoms with E-state index in [0.29, 0.717) is 24.0 Å². The van der Waals surface area contributed by atoms with Gasteiger partial charge in [0.2, 0.25) is 5.91 Å². The van der Waals surface area contributed by atoms with Gasteiger partial charge < -0.3 is 14.5 Å². The highest BCUT2D eigenvalue weighted by molar-refractivity contribution is 7.99. The van der Waals surface area contributed by atoms with Crippen LogP contribution < -0.4 is 4.90 Å². The molecule has 1 atom stereocenters. The summed E-state index contributed by atoms with van der Waals surface area (Å²) in [6.07, 6.45) is 3.87. The number of benzene rings is 2. The maximum absolute atomic E-state index is 13.3. The molecule has 1 amide bonds. The van der Waals surface area contributed by atoms with Gasteiger partial charge in [0.1, 0.15) is 6.33 Å². The number of carbonyl (C=O) groups excluding carboxylic acids is 1. The smallest absolute Gasteiger partial charge is 0.233 e. The first-order valence-corrected chi connectivity index (χ1v) is 12.7. The second kappa shape index (κ2) is 11.1. The summed E-state index contributed by atoms with van der Waals surface area (Å²) < 4.78 is 7.79. The Balaban J connectivity index is 1.46. The summed E-state index contributed by atoms with van der Waals surface area (Å²) in [6, 6.07) is 14.6. The van der Waals surface area contributed by atoms with Crippen LogP contribution in [0.25, 0.3) is 5.69 Å². The second-order valence-electron chi connectivity index (χ2n) is 9.03. The first-order valence-electron chi connectivity index (χ1n) is 11.7. The van der Waals surface area contributed by atoms with Gasteiger partial charge in [-0.3, -0.25) is 9.36 Å². The summed E-state index contributed by atoms with van der Waals surface area (Å²) in [5.41, 5.74) is 5.64. The highest BCUT2D eigenvalue weighted by atomic mass is 32.2. The zero-order valence-corrected chi connectivity index (χ0v) is 21.2. The van der Waals surface area contributed by atoms with Crippen LogP contribution in [0.5, 0.6) is 0 Å². The number of amides is 1. The lowest BCUT2D eigenvalue weighted by molar-refractivity contribution is -0.130. The number of aryl methyl sites for hydroxylation is 2. The van der Waals surface area contributed by atoms with Crippen molar-refractivity contribution < 1.29 is 9.53 Å². The van der Waals surface area contributed by atoms with E-state index in [2.05, 4.69) is 71.4 Å². The predicted molar refractivity (Wildman–Crippen MR) is 137 cm³/mol. The Labute approximate surface area is 206 Å². The van der Waals surface area contributed by atoms with E-state index >= 15 is 0 Å². The number of aromatic nitrogens is 3. The first kappa shape index (κ1) is 24.3. The van der Waals surface area contributed by atoms with Crippen molar-refractivity contribution >= 4 is 23.4 Å². The van der Waals surface area contributed by atoms with Gasteiger partial charge in [0.15, 0.2) is 5.16 Å². The Kier molecular flexibility index (Phi) is 7.90. The minimum absolute atomic E-state index is 0.0763. The van der Waals surface area contributed by atoms with Gasteiger partial charge in [-0.05, 0) is 56.0 Å². The molecule has 0 saturated carbocycles. The molecule has 0 N–H and O–H groups in total. The molecule has 0 radical (unpaired) electrons. The van der Waals surface area contributed by atoms with Crippen molar-refractivity contribution in [3.63, 3.8) is 0 Å². The van der Waals surface area contributed by atoms with Crippen molar-refractivity contribution in [1.29, 1.82) is 0 Å². The van der Waals surface area contributed by atoms with Crippen LogP contribution in [0.1, 0.15) is 29.5 Å². The summed E-state index contributed by atoms with van der Waals surface area (Å²) in [4.78, 5) is 17.3. The van der Waals surface area contributed by atoms with E-state index in [-0.39, 0.29) is 12.0 Å². The zero-order chi connectivity index (χ0) is 24.1. The highest BCUT2D eigenvalue weighted by Gasteiger charge is 2.23. The standard InChI is InChI=1S/C26H33N5O2S/c1-19-7-12-24(20(2)14-19)31-18-27-28-26(31)34-17-25(32)30(16-23-6-5-13-33-23)15-21-8-10-22(11-9-21)29(3)4/h7-12,14,18,23H,5-6,13,15-17H2,1-4H3/t23-/m1/s1. The quantitative estimate of drug-likeness (QED) is 0.428. The average Bonchev–Trinajstić information content (AvgIpc) is 3.49. The maximum atomic E-state index is 13.3. The van der Waals surface area contributed by atoms with Crippen LogP contribution in [0.4, 0.5) is 5.69 Å². The maximum Gasteiger partial charge on any atom is 0.233 e. The van der Waals surface area contributed by atoms with E-state index in [4.69, 9.17) is 4.74 Å². The number of anilines is 1. The molecule has 0 aliphatic carbocycles. The van der Waals surface area contributed by atoms with Gasteiger partial charge in [-0.25, -0.2) is 0 Å². The zero-order valence-electron chi connectivity index (χ0n) is 20.4. The van der Waals surface area contributed by atoms with Crippen LogP contribution in [-0.2, 0) is 16.1 Å². The molecule has 8 heteroatoms. The van der Waals surface area contributed by atoms with E-state index < -0.39 is 0 Å². The van der Waals surface area contributed by atoms with Crippen LogP contribution in [-0.4, -0.2) is 64.7 Å². The van der Waals surface area contributed by atoms with Gasteiger partial charge in [0.05, 0.1) is 17.5 Å². The van der Waals surface area contributed by atoms with Crippen molar-refractivity contribution in [3.8, 4) is 5.69 Å². The monoisotopic (exact) mass is 479 g/mol. The first-order chi connectivity index (χ1) is 16.4. The van der Waals surface area contributed by atoms with Gasteiger partial charge in [0.25, 0.3) is 0 Å². The molecule has 0 unspecified atom stereocenters. The fourth-order valence-electron chi connectivity index (χ4n) is 4.19. The summed E-state index contributed by atoms with van der Waals surface area (Å²) in [5, 5.41) is 9.09. The molecule has 0 spiro atoms. The Bertz CT molecular complexity index is 1110. The fourth-order valence-corrected chi connectivity index (χ4v) is 5.01. The molecular formula is C26H33N5O2S. The number of hydrogen-bond donors (Lipinski definition) is 0. The molecule has 0 bridgehead atoms. The number of nitrogens with zero attached hydrogens (tertiary/aromatic N) is 5. The molecular weight excluding hydrogens is 446 g/mol. The van der Waals surface area contributed by atoms with Crippen LogP contribution >= 0.6 is 11.8 Å². The van der Waals surface area contributed by atoms with Crippen LogP contribution in [0, 0.1) is 13.8 Å². The van der Waals surface area contributed by atoms with Gasteiger partial charge in [-0.2, -0.15) is 0 Å². The number of hydrogen-bond acceptors (Lipinski definition) is 6. The number of thioether (sulfide) groups is 1. The molecule has 1 aliphatic heterocycles. The number of rotatable bonds is 9. The molecule has 34 heavy (non-hydrogen) atoms. The molecule has 2 aromatic carbocycles. The van der Waals surface area contributed by atoms with Gasteiger partial charge in [-0.1, -0.05) is 41.6 Å². The Morgan fingerprint density at radius 1 is 1.18 bits per heavy atom. The summed E-state index contributed by atoms with van der Waals surface area (Å²) in [6.45, 7) is 6.11. The summed E-state index contributed by atoms with van der Waals surface area (Å²) in [5.74, 6) is 0.374. The minimum Gasteiger partial charge on any atom is -0.378 e. The molecule has 180 valence electrons. The highest BCUT2D eigenvalue weighted by Crippen LogP contribution is 2.24. The van der Waals surface area contributed by atoms with E-state index in [1.54, 1.807) is 6.33 Å². The third-order valence-electron chi connectivity index (χ3n) is 6.08. The lowest BCUT2D eigenvalue weighted by Gasteiger charge is -2.26. The third kappa shape index (κ3) is 5.98. The van der Waals surface area contributed by atoms with E-state index in [9.17, 15) is 4.79 Å². The fraction of sp³-hybridized carbons (Fsp3) is 0.423. The molecule has 2 heterocycles. The second-order valence-corrected chi connectivity index (χ2v) is 9.97. The SMILES string of the molecule is Cc1ccc(-n2cnnc2SCC(=O)N(Cc2ccc(N(C)C)cc2)C[C@H]2CCCO2)c(C)c1.